The summed E-state index contributed by atoms with van der Waals surface area (Å²) in [7, 11) is 0. The van der Waals surface area contributed by atoms with Gasteiger partial charge in [0.1, 0.15) is 5.82 Å². The molecule has 5 nitrogen and oxygen atoms in total. The monoisotopic (exact) mass is 297 g/mol. The Morgan fingerprint density at radius 2 is 1.95 bits per heavy atom. The normalized spacial score (nSPS) is 11.2. The Labute approximate surface area is 125 Å². The molecule has 0 spiro atoms. The first-order valence-corrected chi connectivity index (χ1v) is 6.56. The van der Waals surface area contributed by atoms with Gasteiger partial charge in [0.05, 0.1) is 11.8 Å². The SMILES string of the molecule is Cc1cccc(/N=C/c2nc(-c3ccccc3F)oc2O)n1. The molecule has 2 aromatic heterocycles. The molecule has 0 bridgehead atoms. The van der Waals surface area contributed by atoms with Gasteiger partial charge in [-0.15, -0.1) is 0 Å². The van der Waals surface area contributed by atoms with Crippen molar-refractivity contribution >= 4 is 12.0 Å². The van der Waals surface area contributed by atoms with Gasteiger partial charge in [-0.1, -0.05) is 18.2 Å². The Bertz CT molecular complexity index is 843. The van der Waals surface area contributed by atoms with Gasteiger partial charge in [-0.3, -0.25) is 0 Å². The Balaban J connectivity index is 1.92. The minimum atomic E-state index is -0.479. The van der Waals surface area contributed by atoms with Crippen LogP contribution in [0.2, 0.25) is 0 Å². The van der Waals surface area contributed by atoms with E-state index >= 15 is 0 Å². The zero-order valence-electron chi connectivity index (χ0n) is 11.7. The fraction of sp³-hybridized carbons (Fsp3) is 0.0625. The molecule has 6 heteroatoms. The molecule has 0 aliphatic heterocycles. The Morgan fingerprint density at radius 1 is 1.14 bits per heavy atom. The van der Waals surface area contributed by atoms with Crippen molar-refractivity contribution in [2.24, 2.45) is 4.99 Å². The van der Waals surface area contributed by atoms with Crippen molar-refractivity contribution in [3.8, 4) is 17.4 Å². The topological polar surface area (TPSA) is 71.5 Å². The summed E-state index contributed by atoms with van der Waals surface area (Å²) in [5, 5.41) is 9.75. The lowest BCUT2D eigenvalue weighted by molar-refractivity contribution is 0.336. The van der Waals surface area contributed by atoms with E-state index in [0.717, 1.165) is 5.69 Å². The van der Waals surface area contributed by atoms with Crippen LogP contribution in [0.4, 0.5) is 10.2 Å². The van der Waals surface area contributed by atoms with Gasteiger partial charge < -0.3 is 9.52 Å². The fourth-order valence-electron chi connectivity index (χ4n) is 1.89. The third-order valence-corrected chi connectivity index (χ3v) is 2.93. The molecular formula is C16H12FN3O2. The van der Waals surface area contributed by atoms with E-state index in [1.807, 2.05) is 19.1 Å². The molecule has 3 aromatic rings. The molecule has 0 amide bonds. The number of oxazole rings is 1. The van der Waals surface area contributed by atoms with E-state index in [-0.39, 0.29) is 17.1 Å². The average Bonchev–Trinajstić information content (AvgIpc) is 2.87. The minimum absolute atomic E-state index is 0.00532. The quantitative estimate of drug-likeness (QED) is 0.749. The van der Waals surface area contributed by atoms with Gasteiger partial charge in [0.2, 0.25) is 5.89 Å². The Morgan fingerprint density at radius 3 is 2.73 bits per heavy atom. The summed E-state index contributed by atoms with van der Waals surface area (Å²) in [6, 6.07) is 11.4. The zero-order valence-corrected chi connectivity index (χ0v) is 11.7. The number of rotatable bonds is 3. The summed E-state index contributed by atoms with van der Waals surface area (Å²) < 4.78 is 18.8. The van der Waals surface area contributed by atoms with Gasteiger partial charge in [0.15, 0.2) is 11.5 Å². The van der Waals surface area contributed by atoms with Crippen LogP contribution in [-0.2, 0) is 0 Å². The van der Waals surface area contributed by atoms with E-state index in [1.54, 1.807) is 18.2 Å². The summed E-state index contributed by atoms with van der Waals surface area (Å²) in [6.07, 6.45) is 1.32. The second kappa shape index (κ2) is 5.77. The average molecular weight is 297 g/mol. The number of pyridine rings is 1. The van der Waals surface area contributed by atoms with Crippen molar-refractivity contribution in [3.63, 3.8) is 0 Å². The number of hydrogen-bond acceptors (Lipinski definition) is 5. The zero-order chi connectivity index (χ0) is 15.5. The molecule has 1 aromatic carbocycles. The van der Waals surface area contributed by atoms with Crippen LogP contribution in [0, 0.1) is 12.7 Å². The Hall–Kier alpha value is -3.02. The third kappa shape index (κ3) is 2.85. The summed E-state index contributed by atoms with van der Waals surface area (Å²) >= 11 is 0. The number of aromatic hydroxyl groups is 1. The second-order valence-electron chi connectivity index (χ2n) is 4.58. The number of hydrogen-bond donors (Lipinski definition) is 1. The third-order valence-electron chi connectivity index (χ3n) is 2.93. The van der Waals surface area contributed by atoms with Crippen LogP contribution in [0.1, 0.15) is 11.4 Å². The van der Waals surface area contributed by atoms with Crippen molar-refractivity contribution in [2.75, 3.05) is 0 Å². The lowest BCUT2D eigenvalue weighted by Crippen LogP contribution is -1.86. The van der Waals surface area contributed by atoms with Gasteiger partial charge in [0, 0.05) is 5.69 Å². The maximum absolute atomic E-state index is 13.7. The van der Waals surface area contributed by atoms with Crippen molar-refractivity contribution < 1.29 is 13.9 Å². The van der Waals surface area contributed by atoms with Crippen LogP contribution in [0.3, 0.4) is 0 Å². The smallest absolute Gasteiger partial charge is 0.312 e. The molecule has 2 heterocycles. The predicted octanol–water partition coefficient (Wildman–Crippen LogP) is 3.64. The summed E-state index contributed by atoms with van der Waals surface area (Å²) in [4.78, 5) is 12.4. The maximum atomic E-state index is 13.7. The first-order valence-electron chi connectivity index (χ1n) is 6.56. The molecule has 0 saturated carbocycles. The first kappa shape index (κ1) is 13.9. The highest BCUT2D eigenvalue weighted by molar-refractivity contribution is 5.82. The summed E-state index contributed by atoms with van der Waals surface area (Å²) in [6.45, 7) is 1.85. The van der Waals surface area contributed by atoms with E-state index in [4.69, 9.17) is 4.42 Å². The molecule has 0 atom stereocenters. The highest BCUT2D eigenvalue weighted by Crippen LogP contribution is 2.27. The van der Waals surface area contributed by atoms with E-state index in [9.17, 15) is 9.50 Å². The molecule has 0 radical (unpaired) electrons. The molecule has 1 N–H and O–H groups in total. The predicted molar refractivity (Wildman–Crippen MR) is 79.8 cm³/mol. The highest BCUT2D eigenvalue weighted by Gasteiger charge is 2.15. The van der Waals surface area contributed by atoms with Gasteiger partial charge >= 0.3 is 5.95 Å². The van der Waals surface area contributed by atoms with Crippen LogP contribution in [-0.4, -0.2) is 21.3 Å². The molecule has 0 unspecified atom stereocenters. The molecule has 3 rings (SSSR count). The van der Waals surface area contributed by atoms with Gasteiger partial charge in [0.25, 0.3) is 0 Å². The summed E-state index contributed by atoms with van der Waals surface area (Å²) in [5.41, 5.74) is 1.11. The van der Waals surface area contributed by atoms with Crippen LogP contribution < -0.4 is 0 Å². The number of aromatic nitrogens is 2. The molecule has 0 aliphatic rings. The summed E-state index contributed by atoms with van der Waals surface area (Å²) in [5.74, 6) is -0.425. The van der Waals surface area contributed by atoms with Crippen LogP contribution >= 0.6 is 0 Å². The number of nitrogens with zero attached hydrogens (tertiary/aromatic N) is 3. The van der Waals surface area contributed by atoms with Crippen molar-refractivity contribution in [3.05, 3.63) is 59.7 Å². The Kier molecular flexibility index (Phi) is 3.65. The van der Waals surface area contributed by atoms with Crippen LogP contribution in [0.15, 0.2) is 51.9 Å². The van der Waals surface area contributed by atoms with Crippen LogP contribution in [0.5, 0.6) is 5.95 Å². The standard InChI is InChI=1S/C16H12FN3O2/c1-10-5-4-8-14(19-10)18-9-13-16(21)22-15(20-13)11-6-2-3-7-12(11)17/h2-9,21H,1H3/b18-9+. The van der Waals surface area contributed by atoms with E-state index in [2.05, 4.69) is 15.0 Å². The highest BCUT2D eigenvalue weighted by atomic mass is 19.1. The van der Waals surface area contributed by atoms with Gasteiger partial charge in [-0.05, 0) is 31.2 Å². The van der Waals surface area contributed by atoms with Crippen molar-refractivity contribution in [2.45, 2.75) is 6.92 Å². The molecule has 22 heavy (non-hydrogen) atoms. The molecule has 0 saturated heterocycles. The number of halogens is 1. The molecule has 0 aliphatic carbocycles. The number of aryl methyl sites for hydroxylation is 1. The van der Waals surface area contributed by atoms with Gasteiger partial charge in [-0.25, -0.2) is 19.4 Å². The minimum Gasteiger partial charge on any atom is -0.479 e. The van der Waals surface area contributed by atoms with E-state index < -0.39 is 11.8 Å². The molecule has 110 valence electrons. The lowest BCUT2D eigenvalue weighted by atomic mass is 10.2. The first-order chi connectivity index (χ1) is 10.6. The second-order valence-corrected chi connectivity index (χ2v) is 4.58. The lowest BCUT2D eigenvalue weighted by Gasteiger charge is -1.95. The van der Waals surface area contributed by atoms with E-state index in [0.29, 0.717) is 5.82 Å². The van der Waals surface area contributed by atoms with Crippen LogP contribution in [0.25, 0.3) is 11.5 Å². The van der Waals surface area contributed by atoms with E-state index in [1.165, 1.54) is 18.3 Å². The largest absolute Gasteiger partial charge is 0.479 e. The fourth-order valence-corrected chi connectivity index (χ4v) is 1.89. The van der Waals surface area contributed by atoms with Crippen molar-refractivity contribution in [1.29, 1.82) is 0 Å². The molecule has 0 fully saturated rings. The number of benzene rings is 1. The maximum Gasteiger partial charge on any atom is 0.312 e. The van der Waals surface area contributed by atoms with Crippen molar-refractivity contribution in [1.82, 2.24) is 9.97 Å². The number of aliphatic imine (C=N–C) groups is 1. The molecular weight excluding hydrogens is 285 g/mol. The van der Waals surface area contributed by atoms with Gasteiger partial charge in [-0.2, -0.15) is 0 Å².